The number of hydrogen-bond donors (Lipinski definition) is 1. The fourth-order valence-electron chi connectivity index (χ4n) is 3.46. The summed E-state index contributed by atoms with van der Waals surface area (Å²) < 4.78 is 6.16. The lowest BCUT2D eigenvalue weighted by atomic mass is 9.68. The molecule has 1 aromatic carbocycles. The lowest BCUT2D eigenvalue weighted by Crippen LogP contribution is -2.45. The van der Waals surface area contributed by atoms with Crippen molar-refractivity contribution in [3.8, 4) is 11.5 Å². The molecule has 1 N–H and O–H groups in total. The molecule has 18 heavy (non-hydrogen) atoms. The third kappa shape index (κ3) is 1.63. The SMILES string of the molecule is Cc1cc(O)c2c(c1)OC(C)(C)C1CC=CCC21. The zero-order chi connectivity index (χ0) is 12.9. The molecule has 3 rings (SSSR count). The topological polar surface area (TPSA) is 29.5 Å². The Hall–Kier alpha value is -1.44. The van der Waals surface area contributed by atoms with E-state index in [1.54, 1.807) is 0 Å². The quantitative estimate of drug-likeness (QED) is 0.701. The molecule has 0 saturated carbocycles. The van der Waals surface area contributed by atoms with Crippen LogP contribution in [0.25, 0.3) is 0 Å². The van der Waals surface area contributed by atoms with Gasteiger partial charge in [-0.15, -0.1) is 0 Å². The molecular formula is C16H20O2. The van der Waals surface area contributed by atoms with Crippen molar-refractivity contribution in [1.82, 2.24) is 0 Å². The van der Waals surface area contributed by atoms with Gasteiger partial charge in [0.05, 0.1) is 0 Å². The van der Waals surface area contributed by atoms with Crippen LogP contribution >= 0.6 is 0 Å². The van der Waals surface area contributed by atoms with Crippen molar-refractivity contribution >= 4 is 0 Å². The minimum Gasteiger partial charge on any atom is -0.508 e. The van der Waals surface area contributed by atoms with Crippen LogP contribution in [0.4, 0.5) is 0 Å². The Bertz CT molecular complexity index is 514. The van der Waals surface area contributed by atoms with Gasteiger partial charge >= 0.3 is 0 Å². The second-order valence-electron chi connectivity index (χ2n) is 6.06. The molecular weight excluding hydrogens is 224 g/mol. The fraction of sp³-hybridized carbons (Fsp3) is 0.500. The summed E-state index contributed by atoms with van der Waals surface area (Å²) >= 11 is 0. The minimum absolute atomic E-state index is 0.164. The summed E-state index contributed by atoms with van der Waals surface area (Å²) in [7, 11) is 0. The largest absolute Gasteiger partial charge is 0.508 e. The van der Waals surface area contributed by atoms with Crippen LogP contribution in [0.2, 0.25) is 0 Å². The van der Waals surface area contributed by atoms with Crippen LogP contribution in [0.3, 0.4) is 0 Å². The van der Waals surface area contributed by atoms with E-state index in [2.05, 4.69) is 26.0 Å². The highest BCUT2D eigenvalue weighted by Gasteiger charge is 2.44. The number of phenols is 1. The molecule has 96 valence electrons. The molecule has 0 amide bonds. The van der Waals surface area contributed by atoms with Gasteiger partial charge in [-0.2, -0.15) is 0 Å². The number of aryl methyl sites for hydroxylation is 1. The molecule has 0 radical (unpaired) electrons. The maximum Gasteiger partial charge on any atom is 0.127 e. The van der Waals surface area contributed by atoms with Gasteiger partial charge in [-0.1, -0.05) is 12.2 Å². The fourth-order valence-corrected chi connectivity index (χ4v) is 3.46. The smallest absolute Gasteiger partial charge is 0.127 e. The summed E-state index contributed by atoms with van der Waals surface area (Å²) in [5, 5.41) is 10.2. The number of aromatic hydroxyl groups is 1. The Labute approximate surface area is 108 Å². The van der Waals surface area contributed by atoms with Gasteiger partial charge in [0.1, 0.15) is 17.1 Å². The van der Waals surface area contributed by atoms with Gasteiger partial charge in [0.2, 0.25) is 0 Å². The van der Waals surface area contributed by atoms with Crippen molar-refractivity contribution in [2.45, 2.75) is 45.1 Å². The van der Waals surface area contributed by atoms with E-state index >= 15 is 0 Å². The van der Waals surface area contributed by atoms with Crippen molar-refractivity contribution < 1.29 is 9.84 Å². The standard InChI is InChI=1S/C16H20O2/c1-10-8-13(17)15-11-6-4-5-7-12(11)16(2,3)18-14(15)9-10/h4-5,8-9,11-12,17H,6-7H2,1-3H3. The van der Waals surface area contributed by atoms with Crippen LogP contribution in [0, 0.1) is 12.8 Å². The van der Waals surface area contributed by atoms with Crippen molar-refractivity contribution in [2.24, 2.45) is 5.92 Å². The number of benzene rings is 1. The van der Waals surface area contributed by atoms with Crippen molar-refractivity contribution in [2.75, 3.05) is 0 Å². The molecule has 1 aliphatic carbocycles. The summed E-state index contributed by atoms with van der Waals surface area (Å²) in [6.07, 6.45) is 6.50. The lowest BCUT2D eigenvalue weighted by molar-refractivity contribution is 0.00845. The van der Waals surface area contributed by atoms with E-state index in [1.807, 2.05) is 19.1 Å². The molecule has 0 fully saturated rings. The first kappa shape index (κ1) is 11.6. The molecule has 0 saturated heterocycles. The van der Waals surface area contributed by atoms with Gasteiger partial charge in [-0.25, -0.2) is 0 Å². The Morgan fingerprint density at radius 2 is 1.94 bits per heavy atom. The maximum atomic E-state index is 10.2. The van der Waals surface area contributed by atoms with Gasteiger partial charge in [0.25, 0.3) is 0 Å². The van der Waals surface area contributed by atoms with Crippen molar-refractivity contribution in [3.05, 3.63) is 35.4 Å². The molecule has 1 aromatic rings. The molecule has 0 bridgehead atoms. The van der Waals surface area contributed by atoms with Crippen LogP contribution in [0.15, 0.2) is 24.3 Å². The van der Waals surface area contributed by atoms with Gasteiger partial charge in [-0.05, 0) is 51.3 Å². The minimum atomic E-state index is -0.164. The van der Waals surface area contributed by atoms with E-state index in [0.717, 1.165) is 29.7 Å². The van der Waals surface area contributed by atoms with E-state index in [4.69, 9.17) is 4.74 Å². The van der Waals surface area contributed by atoms with Gasteiger partial charge in [0.15, 0.2) is 0 Å². The average molecular weight is 244 g/mol. The highest BCUT2D eigenvalue weighted by atomic mass is 16.5. The summed E-state index contributed by atoms with van der Waals surface area (Å²) in [5.74, 6) is 2.10. The van der Waals surface area contributed by atoms with Gasteiger partial charge in [0, 0.05) is 17.4 Å². The molecule has 2 unspecified atom stereocenters. The predicted molar refractivity (Wildman–Crippen MR) is 72.2 cm³/mol. The second-order valence-corrected chi connectivity index (χ2v) is 6.06. The van der Waals surface area contributed by atoms with Crippen LogP contribution in [-0.2, 0) is 0 Å². The predicted octanol–water partition coefficient (Wildman–Crippen LogP) is 3.92. The van der Waals surface area contributed by atoms with Gasteiger partial charge < -0.3 is 9.84 Å². The zero-order valence-corrected chi connectivity index (χ0v) is 11.2. The van der Waals surface area contributed by atoms with E-state index in [-0.39, 0.29) is 5.60 Å². The number of allylic oxidation sites excluding steroid dienone is 2. The Morgan fingerprint density at radius 1 is 1.22 bits per heavy atom. The van der Waals surface area contributed by atoms with Gasteiger partial charge in [-0.3, -0.25) is 0 Å². The molecule has 0 spiro atoms. The summed E-state index contributed by atoms with van der Waals surface area (Å²) in [6, 6.07) is 3.89. The normalized spacial score (nSPS) is 28.2. The first-order valence-electron chi connectivity index (χ1n) is 6.66. The van der Waals surface area contributed by atoms with E-state index in [1.165, 1.54) is 0 Å². The highest BCUT2D eigenvalue weighted by molar-refractivity contribution is 5.52. The van der Waals surface area contributed by atoms with E-state index in [9.17, 15) is 5.11 Å². The number of rotatable bonds is 0. The Morgan fingerprint density at radius 3 is 2.72 bits per heavy atom. The third-order valence-electron chi connectivity index (χ3n) is 4.33. The van der Waals surface area contributed by atoms with Crippen molar-refractivity contribution in [3.63, 3.8) is 0 Å². The second kappa shape index (κ2) is 3.78. The summed E-state index contributed by atoms with van der Waals surface area (Å²) in [6.45, 7) is 6.31. The first-order chi connectivity index (χ1) is 8.49. The highest BCUT2D eigenvalue weighted by Crippen LogP contribution is 2.52. The number of ether oxygens (including phenoxy) is 1. The third-order valence-corrected chi connectivity index (χ3v) is 4.33. The number of hydrogen-bond acceptors (Lipinski definition) is 2. The summed E-state index contributed by atoms with van der Waals surface area (Å²) in [5.41, 5.74) is 1.89. The molecule has 2 atom stereocenters. The van der Waals surface area contributed by atoms with Crippen LogP contribution in [0.5, 0.6) is 11.5 Å². The molecule has 2 nitrogen and oxygen atoms in total. The zero-order valence-electron chi connectivity index (χ0n) is 11.2. The number of fused-ring (bicyclic) bond motifs is 3. The monoisotopic (exact) mass is 244 g/mol. The Balaban J connectivity index is 2.18. The molecule has 0 aromatic heterocycles. The number of phenolic OH excluding ortho intramolecular Hbond substituents is 1. The van der Waals surface area contributed by atoms with Crippen LogP contribution in [-0.4, -0.2) is 10.7 Å². The molecule has 2 heteroatoms. The molecule has 1 heterocycles. The summed E-state index contributed by atoms with van der Waals surface area (Å²) in [4.78, 5) is 0. The lowest BCUT2D eigenvalue weighted by Gasteiger charge is -2.46. The molecule has 1 aliphatic heterocycles. The van der Waals surface area contributed by atoms with Crippen molar-refractivity contribution in [1.29, 1.82) is 0 Å². The van der Waals surface area contributed by atoms with Crippen LogP contribution < -0.4 is 4.74 Å². The first-order valence-corrected chi connectivity index (χ1v) is 6.66. The van der Waals surface area contributed by atoms with E-state index < -0.39 is 0 Å². The van der Waals surface area contributed by atoms with E-state index in [0.29, 0.717) is 17.6 Å². The average Bonchev–Trinajstić information content (AvgIpc) is 2.27. The molecule has 2 aliphatic rings. The Kier molecular flexibility index (Phi) is 2.44. The maximum absolute atomic E-state index is 10.2. The van der Waals surface area contributed by atoms with Crippen LogP contribution in [0.1, 0.15) is 43.7 Å².